The van der Waals surface area contributed by atoms with Crippen LogP contribution in [-0.4, -0.2) is 47.8 Å². The number of benzene rings is 2. The third-order valence-electron chi connectivity index (χ3n) is 5.94. The first-order valence-corrected chi connectivity index (χ1v) is 11.1. The molecule has 0 N–H and O–H groups in total. The Hall–Kier alpha value is -2.34. The smallest absolute Gasteiger partial charge is 0.260 e. The average molecular weight is 433 g/mol. The Bertz CT molecular complexity index is 826. The van der Waals surface area contributed by atoms with Crippen molar-refractivity contribution in [2.45, 2.75) is 51.0 Å². The molecule has 1 unspecified atom stereocenters. The lowest BCUT2D eigenvalue weighted by Crippen LogP contribution is -2.47. The van der Waals surface area contributed by atoms with Gasteiger partial charge < -0.3 is 4.90 Å². The number of hydrogen-bond acceptors (Lipinski definition) is 2. The first-order chi connectivity index (χ1) is 14.9. The predicted octanol–water partition coefficient (Wildman–Crippen LogP) is 5.47. The van der Waals surface area contributed by atoms with Crippen molar-refractivity contribution >= 4 is 5.91 Å². The SMILES string of the molecule is CCC(c1ccccc1)N(CCN1CCCC(F)(F)C1)C(=O)CCc1ccc(F)cc1. The second-order valence-electron chi connectivity index (χ2n) is 8.28. The molecule has 31 heavy (non-hydrogen) atoms. The Kier molecular flexibility index (Phi) is 8.13. The molecule has 3 rings (SSSR count). The molecule has 0 bridgehead atoms. The summed E-state index contributed by atoms with van der Waals surface area (Å²) in [6.07, 6.45) is 1.96. The summed E-state index contributed by atoms with van der Waals surface area (Å²) in [6.45, 7) is 3.27. The lowest BCUT2D eigenvalue weighted by Gasteiger charge is -2.36. The fourth-order valence-electron chi connectivity index (χ4n) is 4.30. The summed E-state index contributed by atoms with van der Waals surface area (Å²) in [5.74, 6) is -2.96. The minimum Gasteiger partial charge on any atom is -0.334 e. The Morgan fingerprint density at radius 1 is 1.13 bits per heavy atom. The second-order valence-corrected chi connectivity index (χ2v) is 8.28. The number of amides is 1. The highest BCUT2D eigenvalue weighted by Crippen LogP contribution is 2.28. The van der Waals surface area contributed by atoms with Crippen molar-refractivity contribution in [2.75, 3.05) is 26.2 Å². The second kappa shape index (κ2) is 10.8. The van der Waals surface area contributed by atoms with Crippen LogP contribution >= 0.6 is 0 Å². The zero-order chi connectivity index (χ0) is 22.3. The molecule has 0 radical (unpaired) electrons. The molecule has 1 fully saturated rings. The lowest BCUT2D eigenvalue weighted by molar-refractivity contribution is -0.134. The zero-order valence-corrected chi connectivity index (χ0v) is 18.1. The first kappa shape index (κ1) is 23.3. The molecule has 6 heteroatoms. The highest BCUT2D eigenvalue weighted by atomic mass is 19.3. The molecule has 1 aliphatic heterocycles. The highest BCUT2D eigenvalue weighted by molar-refractivity contribution is 5.77. The Morgan fingerprint density at radius 2 is 1.84 bits per heavy atom. The van der Waals surface area contributed by atoms with Crippen LogP contribution < -0.4 is 0 Å². The summed E-state index contributed by atoms with van der Waals surface area (Å²) in [6, 6.07) is 15.9. The molecule has 1 amide bonds. The molecular weight excluding hydrogens is 401 g/mol. The van der Waals surface area contributed by atoms with Crippen LogP contribution in [0.15, 0.2) is 54.6 Å². The quantitative estimate of drug-likeness (QED) is 0.525. The number of aryl methyl sites for hydroxylation is 1. The van der Waals surface area contributed by atoms with E-state index >= 15 is 0 Å². The third kappa shape index (κ3) is 6.82. The van der Waals surface area contributed by atoms with Crippen molar-refractivity contribution in [1.29, 1.82) is 0 Å². The summed E-state index contributed by atoms with van der Waals surface area (Å²) in [5.41, 5.74) is 1.95. The van der Waals surface area contributed by atoms with Crippen molar-refractivity contribution in [1.82, 2.24) is 9.80 Å². The van der Waals surface area contributed by atoms with Crippen molar-refractivity contribution in [2.24, 2.45) is 0 Å². The van der Waals surface area contributed by atoms with Crippen LogP contribution in [0.3, 0.4) is 0 Å². The summed E-state index contributed by atoms with van der Waals surface area (Å²) < 4.78 is 40.8. The van der Waals surface area contributed by atoms with Gasteiger partial charge in [0.1, 0.15) is 5.82 Å². The van der Waals surface area contributed by atoms with Crippen LogP contribution in [0.2, 0.25) is 0 Å². The van der Waals surface area contributed by atoms with Gasteiger partial charge in [-0.3, -0.25) is 9.69 Å². The van der Waals surface area contributed by atoms with Crippen LogP contribution in [0.5, 0.6) is 0 Å². The Morgan fingerprint density at radius 3 is 2.48 bits per heavy atom. The standard InChI is InChI=1S/C25H31F3N2O/c1-2-23(21-7-4-3-5-8-21)30(18-17-29-16-6-15-25(27,28)19-29)24(31)14-11-20-9-12-22(26)13-10-20/h3-5,7-10,12-13,23H,2,6,11,14-19H2,1H3. The summed E-state index contributed by atoms with van der Waals surface area (Å²) in [5, 5.41) is 0. The molecule has 0 aliphatic carbocycles. The summed E-state index contributed by atoms with van der Waals surface area (Å²) in [4.78, 5) is 16.8. The summed E-state index contributed by atoms with van der Waals surface area (Å²) in [7, 11) is 0. The molecule has 2 aromatic carbocycles. The van der Waals surface area contributed by atoms with Gasteiger partial charge >= 0.3 is 0 Å². The first-order valence-electron chi connectivity index (χ1n) is 11.1. The van der Waals surface area contributed by atoms with E-state index in [1.165, 1.54) is 12.1 Å². The molecule has 1 aliphatic rings. The van der Waals surface area contributed by atoms with Gasteiger partial charge in [0.25, 0.3) is 5.92 Å². The largest absolute Gasteiger partial charge is 0.334 e. The topological polar surface area (TPSA) is 23.6 Å². The van der Waals surface area contributed by atoms with Crippen LogP contribution in [0, 0.1) is 5.82 Å². The van der Waals surface area contributed by atoms with Crippen LogP contribution in [0.1, 0.15) is 49.8 Å². The molecule has 0 spiro atoms. The van der Waals surface area contributed by atoms with E-state index in [9.17, 15) is 18.0 Å². The fraction of sp³-hybridized carbons (Fsp3) is 0.480. The molecular formula is C25H31F3N2O. The van der Waals surface area contributed by atoms with Crippen molar-refractivity contribution in [3.05, 3.63) is 71.5 Å². The zero-order valence-electron chi connectivity index (χ0n) is 18.1. The maximum absolute atomic E-state index is 13.8. The van der Waals surface area contributed by atoms with Crippen molar-refractivity contribution < 1.29 is 18.0 Å². The van der Waals surface area contributed by atoms with E-state index in [4.69, 9.17) is 0 Å². The number of rotatable bonds is 9. The molecule has 1 heterocycles. The number of carbonyl (C=O) groups is 1. The minimum atomic E-state index is -2.65. The number of alkyl halides is 2. The van der Waals surface area contributed by atoms with Gasteiger partial charge in [-0.15, -0.1) is 0 Å². The maximum atomic E-state index is 13.8. The van der Waals surface area contributed by atoms with Gasteiger partial charge in [0.05, 0.1) is 12.6 Å². The average Bonchev–Trinajstić information content (AvgIpc) is 2.76. The molecule has 2 aromatic rings. The van der Waals surface area contributed by atoms with E-state index in [1.54, 1.807) is 17.0 Å². The van der Waals surface area contributed by atoms with Gasteiger partial charge in [-0.25, -0.2) is 13.2 Å². The number of hydrogen-bond donors (Lipinski definition) is 0. The van der Waals surface area contributed by atoms with Gasteiger partial charge in [0.2, 0.25) is 5.91 Å². The van der Waals surface area contributed by atoms with Gasteiger partial charge in [0.15, 0.2) is 0 Å². The van der Waals surface area contributed by atoms with Crippen LogP contribution in [-0.2, 0) is 11.2 Å². The molecule has 0 saturated carbocycles. The van der Waals surface area contributed by atoms with E-state index in [0.29, 0.717) is 38.9 Å². The number of piperidine rings is 1. The minimum absolute atomic E-state index is 0.0104. The van der Waals surface area contributed by atoms with Gasteiger partial charge in [0, 0.05) is 25.9 Å². The number of likely N-dealkylation sites (tertiary alicyclic amines) is 1. The van der Waals surface area contributed by atoms with Gasteiger partial charge in [-0.1, -0.05) is 49.4 Å². The van der Waals surface area contributed by atoms with E-state index in [2.05, 4.69) is 0 Å². The highest BCUT2D eigenvalue weighted by Gasteiger charge is 2.35. The summed E-state index contributed by atoms with van der Waals surface area (Å²) >= 11 is 0. The van der Waals surface area contributed by atoms with Crippen molar-refractivity contribution in [3.63, 3.8) is 0 Å². The Balaban J connectivity index is 1.71. The van der Waals surface area contributed by atoms with Gasteiger partial charge in [-0.05, 0) is 49.1 Å². The fourth-order valence-corrected chi connectivity index (χ4v) is 4.30. The monoisotopic (exact) mass is 432 g/mol. The van der Waals surface area contributed by atoms with Crippen LogP contribution in [0.4, 0.5) is 13.2 Å². The maximum Gasteiger partial charge on any atom is 0.260 e. The Labute approximate surface area is 182 Å². The van der Waals surface area contributed by atoms with Crippen LogP contribution in [0.25, 0.3) is 0 Å². The lowest BCUT2D eigenvalue weighted by atomic mass is 10.0. The van der Waals surface area contributed by atoms with E-state index in [-0.39, 0.29) is 30.7 Å². The molecule has 3 nitrogen and oxygen atoms in total. The predicted molar refractivity (Wildman–Crippen MR) is 117 cm³/mol. The molecule has 1 atom stereocenters. The van der Waals surface area contributed by atoms with E-state index in [0.717, 1.165) is 17.5 Å². The number of halogens is 3. The number of carbonyl (C=O) groups excluding carboxylic acids is 1. The van der Waals surface area contributed by atoms with E-state index in [1.807, 2.05) is 42.2 Å². The molecule has 168 valence electrons. The van der Waals surface area contributed by atoms with Crippen molar-refractivity contribution in [3.8, 4) is 0 Å². The number of nitrogens with zero attached hydrogens (tertiary/aromatic N) is 2. The van der Waals surface area contributed by atoms with Gasteiger partial charge in [-0.2, -0.15) is 0 Å². The molecule has 0 aromatic heterocycles. The molecule has 1 saturated heterocycles. The third-order valence-corrected chi connectivity index (χ3v) is 5.94. The van der Waals surface area contributed by atoms with E-state index < -0.39 is 5.92 Å². The normalized spacial score (nSPS) is 17.3.